The molecule has 0 saturated heterocycles. The van der Waals surface area contributed by atoms with Crippen LogP contribution >= 0.6 is 27.5 Å². The Morgan fingerprint density at radius 1 is 1.19 bits per heavy atom. The molecule has 5 heteroatoms. The number of hydrogen-bond donors (Lipinski definition) is 1. The van der Waals surface area contributed by atoms with Crippen LogP contribution in [0.15, 0.2) is 53.1 Å². The Bertz CT molecular complexity index is 758. The highest BCUT2D eigenvalue weighted by Crippen LogP contribution is 2.33. The van der Waals surface area contributed by atoms with Crippen LogP contribution in [0.2, 0.25) is 5.15 Å². The molecule has 3 aromatic rings. The molecule has 0 saturated carbocycles. The summed E-state index contributed by atoms with van der Waals surface area (Å²) in [7, 11) is 0. The van der Waals surface area contributed by atoms with E-state index in [-0.39, 0.29) is 12.5 Å². The van der Waals surface area contributed by atoms with E-state index in [1.54, 1.807) is 0 Å². The van der Waals surface area contributed by atoms with E-state index >= 15 is 0 Å². The third-order valence-corrected chi connectivity index (χ3v) is 4.27. The molecule has 2 heterocycles. The van der Waals surface area contributed by atoms with Crippen molar-refractivity contribution in [3.8, 4) is 0 Å². The highest BCUT2D eigenvalue weighted by atomic mass is 79.9. The minimum Gasteiger partial charge on any atom is -0.396 e. The molecule has 0 amide bonds. The number of pyridine rings is 1. The highest BCUT2D eigenvalue weighted by Gasteiger charge is 2.22. The molecule has 0 aliphatic heterocycles. The molecule has 0 fully saturated rings. The quantitative estimate of drug-likeness (QED) is 0.750. The summed E-state index contributed by atoms with van der Waals surface area (Å²) >= 11 is 9.85. The van der Waals surface area contributed by atoms with Crippen molar-refractivity contribution in [1.29, 1.82) is 0 Å². The van der Waals surface area contributed by atoms with E-state index in [2.05, 4.69) is 20.9 Å². The van der Waals surface area contributed by atoms with Gasteiger partial charge in [0.2, 0.25) is 0 Å². The van der Waals surface area contributed by atoms with Gasteiger partial charge in [-0.25, -0.2) is 4.98 Å². The van der Waals surface area contributed by atoms with Gasteiger partial charge in [0.15, 0.2) is 5.15 Å². The van der Waals surface area contributed by atoms with E-state index in [4.69, 9.17) is 11.6 Å². The first-order chi connectivity index (χ1) is 10.2. The Morgan fingerprint density at radius 3 is 2.67 bits per heavy atom. The minimum atomic E-state index is 0.00741. The molecule has 0 radical (unpaired) electrons. The summed E-state index contributed by atoms with van der Waals surface area (Å²) in [5.74, 6) is 0.00741. The largest absolute Gasteiger partial charge is 0.396 e. The minimum absolute atomic E-state index is 0.00741. The average Bonchev–Trinajstić information content (AvgIpc) is 2.81. The number of hydrogen-bond acceptors (Lipinski definition) is 2. The predicted molar refractivity (Wildman–Crippen MR) is 87.9 cm³/mol. The standard InChI is InChI=1S/C16H14BrClN2O/c17-12-6-7-14-19-16(18)15(20(14)10-12)13(8-9-21)11-4-2-1-3-5-11/h1-7,10,13,21H,8-9H2. The lowest BCUT2D eigenvalue weighted by Gasteiger charge is -2.17. The van der Waals surface area contributed by atoms with E-state index in [9.17, 15) is 5.11 Å². The van der Waals surface area contributed by atoms with Crippen molar-refractivity contribution in [2.24, 2.45) is 0 Å². The number of aromatic nitrogens is 2. The second-order valence-electron chi connectivity index (χ2n) is 4.84. The van der Waals surface area contributed by atoms with Gasteiger partial charge < -0.3 is 9.51 Å². The van der Waals surface area contributed by atoms with Gasteiger partial charge in [-0.3, -0.25) is 0 Å². The zero-order valence-electron chi connectivity index (χ0n) is 11.2. The summed E-state index contributed by atoms with van der Waals surface area (Å²) in [6.45, 7) is 0.0944. The first-order valence-electron chi connectivity index (χ1n) is 6.69. The zero-order valence-corrected chi connectivity index (χ0v) is 13.5. The van der Waals surface area contributed by atoms with Crippen LogP contribution in [0, 0.1) is 0 Å². The van der Waals surface area contributed by atoms with E-state index in [1.807, 2.05) is 53.1 Å². The SMILES string of the molecule is OCCC(c1ccccc1)c1c(Cl)nc2ccc(Br)cn12. The predicted octanol–water partition coefficient (Wildman–Crippen LogP) is 4.26. The maximum Gasteiger partial charge on any atom is 0.151 e. The first kappa shape index (κ1) is 14.6. The Labute approximate surface area is 136 Å². The van der Waals surface area contributed by atoms with Gasteiger partial charge in [-0.05, 0) is 40.0 Å². The molecule has 0 spiro atoms. The summed E-state index contributed by atoms with van der Waals surface area (Å²) in [6, 6.07) is 13.9. The first-order valence-corrected chi connectivity index (χ1v) is 7.86. The Kier molecular flexibility index (Phi) is 4.29. The van der Waals surface area contributed by atoms with Gasteiger partial charge in [-0.2, -0.15) is 0 Å². The van der Waals surface area contributed by atoms with E-state index in [1.165, 1.54) is 0 Å². The van der Waals surface area contributed by atoms with Crippen LogP contribution in [-0.4, -0.2) is 21.1 Å². The second-order valence-corrected chi connectivity index (χ2v) is 6.11. The second kappa shape index (κ2) is 6.18. The summed E-state index contributed by atoms with van der Waals surface area (Å²) in [4.78, 5) is 4.41. The van der Waals surface area contributed by atoms with Crippen LogP contribution < -0.4 is 0 Å². The summed E-state index contributed by atoms with van der Waals surface area (Å²) < 4.78 is 2.95. The molecule has 3 nitrogen and oxygen atoms in total. The van der Waals surface area contributed by atoms with E-state index in [0.29, 0.717) is 11.6 Å². The molecule has 1 unspecified atom stereocenters. The molecule has 1 N–H and O–H groups in total. The lowest BCUT2D eigenvalue weighted by Crippen LogP contribution is -2.07. The van der Waals surface area contributed by atoms with Crippen LogP contribution in [0.1, 0.15) is 23.6 Å². The molecule has 108 valence electrons. The van der Waals surface area contributed by atoms with Crippen molar-refractivity contribution in [2.75, 3.05) is 6.61 Å². The zero-order chi connectivity index (χ0) is 14.8. The summed E-state index contributed by atoms with van der Waals surface area (Å²) in [5.41, 5.74) is 2.83. The van der Waals surface area contributed by atoms with Crippen molar-refractivity contribution < 1.29 is 5.11 Å². The van der Waals surface area contributed by atoms with Crippen molar-refractivity contribution in [1.82, 2.24) is 9.38 Å². The number of benzene rings is 1. The molecule has 2 aromatic heterocycles. The van der Waals surface area contributed by atoms with Gasteiger partial charge in [0.25, 0.3) is 0 Å². The smallest absolute Gasteiger partial charge is 0.151 e. The number of halogens is 2. The lowest BCUT2D eigenvalue weighted by molar-refractivity contribution is 0.280. The van der Waals surface area contributed by atoms with Gasteiger partial charge in [0.1, 0.15) is 5.65 Å². The third-order valence-electron chi connectivity index (χ3n) is 3.52. The van der Waals surface area contributed by atoms with Crippen molar-refractivity contribution in [3.63, 3.8) is 0 Å². The fraction of sp³-hybridized carbons (Fsp3) is 0.188. The van der Waals surface area contributed by atoms with Crippen LogP contribution in [0.3, 0.4) is 0 Å². The Balaban J connectivity index is 2.20. The van der Waals surface area contributed by atoms with Gasteiger partial charge in [0.05, 0.1) is 5.69 Å². The molecule has 1 atom stereocenters. The number of imidazole rings is 1. The summed E-state index contributed by atoms with van der Waals surface area (Å²) in [5, 5.41) is 9.91. The molecule has 0 aliphatic rings. The maximum atomic E-state index is 9.43. The monoisotopic (exact) mass is 364 g/mol. The number of nitrogens with zero attached hydrogens (tertiary/aromatic N) is 2. The van der Waals surface area contributed by atoms with E-state index < -0.39 is 0 Å². The maximum absolute atomic E-state index is 9.43. The number of aliphatic hydroxyl groups is 1. The van der Waals surface area contributed by atoms with E-state index in [0.717, 1.165) is 21.4 Å². The summed E-state index contributed by atoms with van der Waals surface area (Å²) in [6.07, 6.45) is 2.56. The van der Waals surface area contributed by atoms with Crippen LogP contribution in [0.25, 0.3) is 5.65 Å². The lowest BCUT2D eigenvalue weighted by atomic mass is 9.93. The number of fused-ring (bicyclic) bond motifs is 1. The van der Waals surface area contributed by atoms with Crippen LogP contribution in [0.4, 0.5) is 0 Å². The van der Waals surface area contributed by atoms with Crippen LogP contribution in [0.5, 0.6) is 0 Å². The molecule has 0 bridgehead atoms. The Morgan fingerprint density at radius 2 is 1.95 bits per heavy atom. The highest BCUT2D eigenvalue weighted by molar-refractivity contribution is 9.10. The molecular formula is C16H14BrClN2O. The van der Waals surface area contributed by atoms with Crippen molar-refractivity contribution >= 4 is 33.2 Å². The molecule has 21 heavy (non-hydrogen) atoms. The van der Waals surface area contributed by atoms with Gasteiger partial charge in [0, 0.05) is 23.2 Å². The van der Waals surface area contributed by atoms with Gasteiger partial charge >= 0.3 is 0 Å². The van der Waals surface area contributed by atoms with Crippen LogP contribution in [-0.2, 0) is 0 Å². The van der Waals surface area contributed by atoms with Gasteiger partial charge in [-0.1, -0.05) is 41.9 Å². The third kappa shape index (κ3) is 2.84. The molecule has 1 aromatic carbocycles. The fourth-order valence-electron chi connectivity index (χ4n) is 2.60. The van der Waals surface area contributed by atoms with Gasteiger partial charge in [-0.15, -0.1) is 0 Å². The fourth-order valence-corrected chi connectivity index (χ4v) is 3.24. The molecule has 0 aliphatic carbocycles. The molecule has 3 rings (SSSR count). The molecular weight excluding hydrogens is 352 g/mol. The number of rotatable bonds is 4. The number of aliphatic hydroxyl groups excluding tert-OH is 1. The van der Waals surface area contributed by atoms with Crippen molar-refractivity contribution in [2.45, 2.75) is 12.3 Å². The van der Waals surface area contributed by atoms with Crippen molar-refractivity contribution in [3.05, 3.63) is 69.5 Å². The Hall–Kier alpha value is -1.36. The normalized spacial score (nSPS) is 12.7. The average molecular weight is 366 g/mol. The topological polar surface area (TPSA) is 37.5 Å².